The molecular weight excluding hydrogens is 306 g/mol. The molecule has 0 bridgehead atoms. The molecule has 6 nitrogen and oxygen atoms in total. The number of nitrogens with zero attached hydrogens (tertiary/aromatic N) is 2. The lowest BCUT2D eigenvalue weighted by Crippen LogP contribution is -2.32. The van der Waals surface area contributed by atoms with Crippen LogP contribution in [-0.2, 0) is 11.8 Å². The van der Waals surface area contributed by atoms with E-state index >= 15 is 0 Å². The van der Waals surface area contributed by atoms with Crippen LogP contribution in [0.2, 0.25) is 0 Å². The first kappa shape index (κ1) is 17.7. The largest absolute Gasteiger partial charge is 0.481 e. The van der Waals surface area contributed by atoms with Gasteiger partial charge in [0.05, 0.1) is 18.2 Å². The van der Waals surface area contributed by atoms with Gasteiger partial charge in [-0.15, -0.1) is 0 Å². The van der Waals surface area contributed by atoms with Gasteiger partial charge in [-0.1, -0.05) is 38.1 Å². The molecule has 1 amide bonds. The lowest BCUT2D eigenvalue weighted by molar-refractivity contribution is -0.137. The summed E-state index contributed by atoms with van der Waals surface area (Å²) in [6.45, 7) is 5.91. The summed E-state index contributed by atoms with van der Waals surface area (Å²) in [5.41, 5.74) is 2.99. The van der Waals surface area contributed by atoms with E-state index in [2.05, 4.69) is 10.4 Å². The molecule has 1 aromatic carbocycles. The van der Waals surface area contributed by atoms with Crippen LogP contribution in [0.1, 0.15) is 59.5 Å². The lowest BCUT2D eigenvalue weighted by Gasteiger charge is -2.19. The van der Waals surface area contributed by atoms with Crippen LogP contribution in [0.15, 0.2) is 30.3 Å². The zero-order valence-corrected chi connectivity index (χ0v) is 14.4. The maximum atomic E-state index is 12.6. The second-order valence-electron chi connectivity index (χ2n) is 6.21. The van der Waals surface area contributed by atoms with Crippen molar-refractivity contribution in [2.24, 2.45) is 7.05 Å². The molecule has 2 aromatic rings. The predicted molar refractivity (Wildman–Crippen MR) is 90.9 cm³/mol. The molecule has 128 valence electrons. The van der Waals surface area contributed by atoms with Gasteiger partial charge in [0.25, 0.3) is 5.91 Å². The van der Waals surface area contributed by atoms with Crippen molar-refractivity contribution in [3.05, 3.63) is 52.8 Å². The lowest BCUT2D eigenvalue weighted by atomic mass is 9.98. The molecule has 0 saturated carbocycles. The number of aliphatic carboxylic acids is 1. The Bertz CT molecular complexity index is 750. The fourth-order valence-electron chi connectivity index (χ4n) is 2.61. The summed E-state index contributed by atoms with van der Waals surface area (Å²) in [5, 5.41) is 16.3. The van der Waals surface area contributed by atoms with Gasteiger partial charge in [-0.3, -0.25) is 14.3 Å². The highest BCUT2D eigenvalue weighted by molar-refractivity contribution is 5.93. The van der Waals surface area contributed by atoms with E-state index in [1.807, 2.05) is 45.0 Å². The van der Waals surface area contributed by atoms with Crippen LogP contribution in [0.4, 0.5) is 0 Å². The molecule has 0 fully saturated rings. The number of aromatic nitrogens is 2. The van der Waals surface area contributed by atoms with Crippen LogP contribution < -0.4 is 5.32 Å². The molecule has 0 unspecified atom stereocenters. The Morgan fingerprint density at radius 1 is 1.29 bits per heavy atom. The van der Waals surface area contributed by atoms with Crippen LogP contribution in [0.25, 0.3) is 0 Å². The third-order valence-corrected chi connectivity index (χ3v) is 3.97. The van der Waals surface area contributed by atoms with Crippen molar-refractivity contribution in [3.8, 4) is 0 Å². The minimum atomic E-state index is -0.962. The summed E-state index contributed by atoms with van der Waals surface area (Å²) in [6.07, 6.45) is -0.175. The number of hydrogen-bond acceptors (Lipinski definition) is 3. The van der Waals surface area contributed by atoms with Gasteiger partial charge in [0, 0.05) is 7.05 Å². The first-order chi connectivity index (χ1) is 11.3. The van der Waals surface area contributed by atoms with Crippen molar-refractivity contribution in [1.29, 1.82) is 0 Å². The molecular formula is C18H23N3O3. The van der Waals surface area contributed by atoms with E-state index in [4.69, 9.17) is 0 Å². The molecule has 0 spiro atoms. The quantitative estimate of drug-likeness (QED) is 0.853. The Hall–Kier alpha value is -2.63. The second kappa shape index (κ2) is 7.29. The highest BCUT2D eigenvalue weighted by atomic mass is 16.4. The van der Waals surface area contributed by atoms with Gasteiger partial charge >= 0.3 is 5.97 Å². The van der Waals surface area contributed by atoms with Crippen LogP contribution >= 0.6 is 0 Å². The summed E-state index contributed by atoms with van der Waals surface area (Å²) in [4.78, 5) is 23.8. The molecule has 1 atom stereocenters. The number of carbonyl (C=O) groups is 2. The molecule has 0 aliphatic heterocycles. The summed E-state index contributed by atoms with van der Waals surface area (Å²) < 4.78 is 1.53. The van der Waals surface area contributed by atoms with Gasteiger partial charge in [0.2, 0.25) is 0 Å². The maximum Gasteiger partial charge on any atom is 0.305 e. The Kier molecular flexibility index (Phi) is 5.39. The summed E-state index contributed by atoms with van der Waals surface area (Å²) in [5.74, 6) is -1.08. The number of amides is 1. The Labute approximate surface area is 141 Å². The average molecular weight is 329 g/mol. The number of rotatable bonds is 6. The molecule has 2 rings (SSSR count). The zero-order valence-electron chi connectivity index (χ0n) is 14.4. The van der Waals surface area contributed by atoms with Crippen LogP contribution in [0.5, 0.6) is 0 Å². The molecule has 24 heavy (non-hydrogen) atoms. The molecule has 0 aliphatic rings. The number of carboxylic acid groups (broad SMARTS) is 1. The Morgan fingerprint density at radius 2 is 1.96 bits per heavy atom. The molecule has 0 radical (unpaired) electrons. The van der Waals surface area contributed by atoms with Crippen molar-refractivity contribution in [2.45, 2.75) is 39.2 Å². The van der Waals surface area contributed by atoms with Crippen molar-refractivity contribution in [3.63, 3.8) is 0 Å². The summed E-state index contributed by atoms with van der Waals surface area (Å²) in [6, 6.07) is 8.62. The van der Waals surface area contributed by atoms with Gasteiger partial charge in [-0.05, 0) is 30.0 Å². The number of nitrogens with one attached hydrogen (secondary N) is 1. The molecule has 6 heteroatoms. The topological polar surface area (TPSA) is 84.2 Å². The normalized spacial score (nSPS) is 12.2. The third kappa shape index (κ3) is 4.01. The third-order valence-electron chi connectivity index (χ3n) is 3.97. The fraction of sp³-hybridized carbons (Fsp3) is 0.389. The monoisotopic (exact) mass is 329 g/mol. The van der Waals surface area contributed by atoms with Gasteiger partial charge < -0.3 is 10.4 Å². The van der Waals surface area contributed by atoms with Gasteiger partial charge in [-0.2, -0.15) is 5.10 Å². The molecule has 2 N–H and O–H groups in total. The van der Waals surface area contributed by atoms with Crippen molar-refractivity contribution in [1.82, 2.24) is 15.1 Å². The first-order valence-electron chi connectivity index (χ1n) is 7.91. The van der Waals surface area contributed by atoms with Gasteiger partial charge in [0.15, 0.2) is 0 Å². The number of carbonyl (C=O) groups excluding carboxylic acids is 1. The van der Waals surface area contributed by atoms with Crippen LogP contribution in [-0.4, -0.2) is 26.8 Å². The van der Waals surface area contributed by atoms with Gasteiger partial charge in [0.1, 0.15) is 5.69 Å². The minimum absolute atomic E-state index is 0.175. The van der Waals surface area contributed by atoms with E-state index in [0.717, 1.165) is 16.8 Å². The average Bonchev–Trinajstić information content (AvgIpc) is 2.89. The Balaban J connectivity index is 2.28. The van der Waals surface area contributed by atoms with E-state index in [0.29, 0.717) is 5.69 Å². The number of carboxylic acids is 1. The first-order valence-corrected chi connectivity index (χ1v) is 7.91. The standard InChI is InChI=1S/C18H23N3O3/c1-11(2)14-9-16(21(4)20-14)18(24)19-15(10-17(22)23)13-8-6-5-7-12(13)3/h5-9,11,15H,10H2,1-4H3,(H,19,24)(H,22,23)/t15-/m0/s1. The summed E-state index contributed by atoms with van der Waals surface area (Å²) in [7, 11) is 1.71. The highest BCUT2D eigenvalue weighted by Gasteiger charge is 2.22. The van der Waals surface area contributed by atoms with Gasteiger partial charge in [-0.25, -0.2) is 0 Å². The maximum absolute atomic E-state index is 12.6. The van der Waals surface area contributed by atoms with Crippen LogP contribution in [0.3, 0.4) is 0 Å². The van der Waals surface area contributed by atoms with Crippen LogP contribution in [0, 0.1) is 6.92 Å². The Morgan fingerprint density at radius 3 is 2.50 bits per heavy atom. The van der Waals surface area contributed by atoms with E-state index in [-0.39, 0.29) is 18.2 Å². The van der Waals surface area contributed by atoms with Crippen molar-refractivity contribution < 1.29 is 14.7 Å². The number of aryl methyl sites for hydroxylation is 2. The number of benzene rings is 1. The molecule has 0 aliphatic carbocycles. The number of hydrogen-bond donors (Lipinski definition) is 2. The summed E-state index contributed by atoms with van der Waals surface area (Å²) >= 11 is 0. The SMILES string of the molecule is Cc1ccccc1[C@H](CC(=O)O)NC(=O)c1cc(C(C)C)nn1C. The van der Waals surface area contributed by atoms with Crippen molar-refractivity contribution in [2.75, 3.05) is 0 Å². The van der Waals surface area contributed by atoms with E-state index in [1.54, 1.807) is 13.1 Å². The molecule has 0 saturated heterocycles. The fourth-order valence-corrected chi connectivity index (χ4v) is 2.61. The van der Waals surface area contributed by atoms with E-state index in [1.165, 1.54) is 4.68 Å². The molecule has 1 heterocycles. The highest BCUT2D eigenvalue weighted by Crippen LogP contribution is 2.22. The smallest absolute Gasteiger partial charge is 0.305 e. The molecule has 1 aromatic heterocycles. The second-order valence-corrected chi connectivity index (χ2v) is 6.21. The van der Waals surface area contributed by atoms with E-state index < -0.39 is 12.0 Å². The predicted octanol–water partition coefficient (Wildman–Crippen LogP) is 2.80. The van der Waals surface area contributed by atoms with Crippen molar-refractivity contribution >= 4 is 11.9 Å². The minimum Gasteiger partial charge on any atom is -0.481 e. The zero-order chi connectivity index (χ0) is 17.9. The van der Waals surface area contributed by atoms with E-state index in [9.17, 15) is 14.7 Å².